The Hall–Kier alpha value is -2.70. The van der Waals surface area contributed by atoms with E-state index in [2.05, 4.69) is 34.6 Å². The normalized spacial score (nSPS) is 11.0. The van der Waals surface area contributed by atoms with Gasteiger partial charge in [0.1, 0.15) is 11.7 Å². The Morgan fingerprint density at radius 1 is 1.19 bits per heavy atom. The summed E-state index contributed by atoms with van der Waals surface area (Å²) in [7, 11) is 0. The standard InChI is InChI=1S/C20H31N7/c1-5-16(6-2)25-18-13-17(20(22)27(26-18)19(21)14(3)4)24-12-9-15-7-10-23-11-8-15/h7-8,10-11,13-14,16,21-22,24H,5-6,9,12H2,1-4H3,(H,25,26). The van der Waals surface area contributed by atoms with Gasteiger partial charge < -0.3 is 10.6 Å². The summed E-state index contributed by atoms with van der Waals surface area (Å²) in [6.07, 6.45) is 6.39. The number of aromatic nitrogens is 3. The lowest BCUT2D eigenvalue weighted by atomic mass is 10.1. The number of hydrogen-bond donors (Lipinski definition) is 4. The van der Waals surface area contributed by atoms with E-state index >= 15 is 0 Å². The number of nitrogens with zero attached hydrogens (tertiary/aromatic N) is 3. The zero-order chi connectivity index (χ0) is 19.8. The Bertz CT molecular complexity index is 792. The van der Waals surface area contributed by atoms with E-state index < -0.39 is 0 Å². The molecule has 2 aromatic rings. The third-order valence-corrected chi connectivity index (χ3v) is 4.55. The maximum absolute atomic E-state index is 8.48. The van der Waals surface area contributed by atoms with Crippen LogP contribution in [0, 0.1) is 16.7 Å². The van der Waals surface area contributed by atoms with Gasteiger partial charge in [0.25, 0.3) is 0 Å². The minimum Gasteiger partial charge on any atom is -0.382 e. The van der Waals surface area contributed by atoms with E-state index in [1.807, 2.05) is 32.0 Å². The highest BCUT2D eigenvalue weighted by molar-refractivity contribution is 5.83. The van der Waals surface area contributed by atoms with E-state index in [9.17, 15) is 0 Å². The summed E-state index contributed by atoms with van der Waals surface area (Å²) in [5.74, 6) is 0.988. The Morgan fingerprint density at radius 2 is 1.85 bits per heavy atom. The van der Waals surface area contributed by atoms with E-state index in [0.29, 0.717) is 29.9 Å². The molecule has 146 valence electrons. The molecule has 7 heteroatoms. The molecule has 0 unspecified atom stereocenters. The molecular weight excluding hydrogens is 338 g/mol. The molecule has 2 rings (SSSR count). The molecule has 0 aliphatic carbocycles. The van der Waals surface area contributed by atoms with Crippen LogP contribution >= 0.6 is 0 Å². The van der Waals surface area contributed by atoms with Crippen LogP contribution in [0.15, 0.2) is 30.6 Å². The van der Waals surface area contributed by atoms with Crippen LogP contribution < -0.4 is 16.1 Å². The molecule has 0 spiro atoms. The topological polar surface area (TPSA) is 102 Å². The van der Waals surface area contributed by atoms with Crippen molar-refractivity contribution in [3.05, 3.63) is 41.6 Å². The summed E-state index contributed by atoms with van der Waals surface area (Å²) >= 11 is 0. The molecule has 0 fully saturated rings. The molecule has 0 aliphatic heterocycles. The summed E-state index contributed by atoms with van der Waals surface area (Å²) in [4.78, 5) is 4.03. The molecule has 0 saturated carbocycles. The van der Waals surface area contributed by atoms with Crippen LogP contribution in [0.4, 0.5) is 11.5 Å². The third-order valence-electron chi connectivity index (χ3n) is 4.55. The van der Waals surface area contributed by atoms with Gasteiger partial charge in [-0.05, 0) is 37.0 Å². The molecular formula is C20H31N7. The van der Waals surface area contributed by atoms with Crippen LogP contribution in [0.3, 0.4) is 0 Å². The molecule has 0 radical (unpaired) electrons. The van der Waals surface area contributed by atoms with Gasteiger partial charge in [-0.3, -0.25) is 15.8 Å². The lowest BCUT2D eigenvalue weighted by Gasteiger charge is -2.19. The second-order valence-electron chi connectivity index (χ2n) is 6.93. The maximum atomic E-state index is 8.48. The van der Waals surface area contributed by atoms with Crippen molar-refractivity contribution in [2.24, 2.45) is 5.92 Å². The molecule has 7 nitrogen and oxygen atoms in total. The Kier molecular flexibility index (Phi) is 7.52. The predicted molar refractivity (Wildman–Crippen MR) is 110 cm³/mol. The van der Waals surface area contributed by atoms with Gasteiger partial charge in [-0.1, -0.05) is 27.7 Å². The second kappa shape index (κ2) is 9.85. The molecule has 27 heavy (non-hydrogen) atoms. The quantitative estimate of drug-likeness (QED) is 0.401. The minimum atomic E-state index is -0.0142. The summed E-state index contributed by atoms with van der Waals surface area (Å²) in [6.45, 7) is 8.84. The molecule has 0 aliphatic rings. The number of pyridine rings is 1. The van der Waals surface area contributed by atoms with Crippen LogP contribution in [-0.2, 0) is 6.42 Å². The fourth-order valence-electron chi connectivity index (χ4n) is 2.72. The van der Waals surface area contributed by atoms with Gasteiger partial charge in [-0.15, -0.1) is 5.10 Å². The Morgan fingerprint density at radius 3 is 2.44 bits per heavy atom. The van der Waals surface area contributed by atoms with E-state index in [-0.39, 0.29) is 11.4 Å². The van der Waals surface area contributed by atoms with Crippen molar-refractivity contribution in [2.45, 2.75) is 53.0 Å². The average molecular weight is 370 g/mol. The van der Waals surface area contributed by atoms with Crippen molar-refractivity contribution in [1.82, 2.24) is 14.8 Å². The first-order valence-electron chi connectivity index (χ1n) is 9.63. The highest BCUT2D eigenvalue weighted by Gasteiger charge is 2.14. The van der Waals surface area contributed by atoms with Crippen molar-refractivity contribution in [3.8, 4) is 0 Å². The largest absolute Gasteiger partial charge is 0.382 e. The van der Waals surface area contributed by atoms with Gasteiger partial charge in [-0.2, -0.15) is 4.68 Å². The molecule has 2 heterocycles. The van der Waals surface area contributed by atoms with Gasteiger partial charge in [0.15, 0.2) is 5.49 Å². The lowest BCUT2D eigenvalue weighted by Crippen LogP contribution is -2.35. The molecule has 4 N–H and O–H groups in total. The third kappa shape index (κ3) is 5.64. The Balaban J connectivity index is 2.26. The number of rotatable bonds is 9. The molecule has 0 atom stereocenters. The van der Waals surface area contributed by atoms with E-state index in [1.165, 1.54) is 10.2 Å². The van der Waals surface area contributed by atoms with Crippen molar-refractivity contribution in [3.63, 3.8) is 0 Å². The summed E-state index contributed by atoms with van der Waals surface area (Å²) in [6, 6.07) is 6.17. The molecule has 2 aromatic heterocycles. The van der Waals surface area contributed by atoms with Crippen molar-refractivity contribution in [1.29, 1.82) is 10.8 Å². The van der Waals surface area contributed by atoms with Gasteiger partial charge in [0, 0.05) is 37.0 Å². The van der Waals surface area contributed by atoms with Crippen molar-refractivity contribution < 1.29 is 0 Å². The zero-order valence-corrected chi connectivity index (χ0v) is 16.7. The molecule has 0 saturated heterocycles. The van der Waals surface area contributed by atoms with Crippen LogP contribution in [0.5, 0.6) is 0 Å². The van der Waals surface area contributed by atoms with Gasteiger partial charge in [-0.25, -0.2) is 0 Å². The Labute approximate surface area is 161 Å². The molecule has 0 amide bonds. The van der Waals surface area contributed by atoms with Crippen LogP contribution in [0.1, 0.15) is 46.1 Å². The SMILES string of the molecule is CCC(CC)Nc1cc(NCCc2ccncc2)c(=N)n(C(=N)C(C)C)n1. The first kappa shape index (κ1) is 20.6. The first-order chi connectivity index (χ1) is 13.0. The number of nitrogens with one attached hydrogen (secondary N) is 4. The van der Waals surface area contributed by atoms with Crippen LogP contribution in [0.25, 0.3) is 0 Å². The summed E-state index contributed by atoms with van der Waals surface area (Å²) in [5, 5.41) is 28.1. The average Bonchev–Trinajstić information content (AvgIpc) is 2.68. The fraction of sp³-hybridized carbons (Fsp3) is 0.500. The van der Waals surface area contributed by atoms with Crippen molar-refractivity contribution >= 4 is 17.3 Å². The van der Waals surface area contributed by atoms with Gasteiger partial charge in [0.2, 0.25) is 0 Å². The highest BCUT2D eigenvalue weighted by Crippen LogP contribution is 2.13. The summed E-state index contributed by atoms with van der Waals surface area (Å²) < 4.78 is 1.42. The van der Waals surface area contributed by atoms with Crippen molar-refractivity contribution in [2.75, 3.05) is 17.2 Å². The monoisotopic (exact) mass is 369 g/mol. The van der Waals surface area contributed by atoms with E-state index in [4.69, 9.17) is 10.8 Å². The van der Waals surface area contributed by atoms with Gasteiger partial charge in [0.05, 0.1) is 5.69 Å². The zero-order valence-electron chi connectivity index (χ0n) is 16.7. The van der Waals surface area contributed by atoms with E-state index in [1.54, 1.807) is 12.4 Å². The lowest BCUT2D eigenvalue weighted by molar-refractivity contribution is 0.658. The molecule has 0 bridgehead atoms. The second-order valence-corrected chi connectivity index (χ2v) is 6.93. The van der Waals surface area contributed by atoms with Gasteiger partial charge >= 0.3 is 0 Å². The van der Waals surface area contributed by atoms with E-state index in [0.717, 1.165) is 19.3 Å². The summed E-state index contributed by atoms with van der Waals surface area (Å²) in [5.41, 5.74) is 2.08. The number of hydrogen-bond acceptors (Lipinski definition) is 6. The molecule has 0 aromatic carbocycles. The maximum Gasteiger partial charge on any atom is 0.171 e. The smallest absolute Gasteiger partial charge is 0.171 e. The van der Waals surface area contributed by atoms with Crippen LogP contribution in [-0.4, -0.2) is 33.2 Å². The first-order valence-corrected chi connectivity index (χ1v) is 9.63. The van der Waals surface area contributed by atoms with Crippen LogP contribution in [0.2, 0.25) is 0 Å². The minimum absolute atomic E-state index is 0.0142. The predicted octanol–water partition coefficient (Wildman–Crippen LogP) is 3.49. The highest BCUT2D eigenvalue weighted by atomic mass is 15.3. The fourth-order valence-corrected chi connectivity index (χ4v) is 2.72. The number of anilines is 2.